The van der Waals surface area contributed by atoms with E-state index < -0.39 is 0 Å². The number of aromatic nitrogens is 2. The first-order chi connectivity index (χ1) is 10.3. The number of hydrogen-bond acceptors (Lipinski definition) is 4. The smallest absolute Gasteiger partial charge is 0.169 e. The summed E-state index contributed by atoms with van der Waals surface area (Å²) in [5.41, 5.74) is 7.79. The van der Waals surface area contributed by atoms with Gasteiger partial charge < -0.3 is 11.1 Å². The summed E-state index contributed by atoms with van der Waals surface area (Å²) in [6.45, 7) is 2.27. The molecule has 2 aromatic rings. The number of rotatable bonds is 4. The Hall–Kier alpha value is -1.84. The lowest BCUT2D eigenvalue weighted by Gasteiger charge is -2.29. The third kappa shape index (κ3) is 3.26. The van der Waals surface area contributed by atoms with Crippen LogP contribution in [0.1, 0.15) is 45.4 Å². The first kappa shape index (κ1) is 14.1. The van der Waals surface area contributed by atoms with Crippen LogP contribution in [-0.4, -0.2) is 16.0 Å². The maximum Gasteiger partial charge on any atom is 0.169 e. The molecule has 21 heavy (non-hydrogen) atoms. The molecule has 4 heteroatoms. The first-order valence-corrected chi connectivity index (χ1v) is 8.05. The van der Waals surface area contributed by atoms with Crippen molar-refractivity contribution in [2.75, 3.05) is 11.1 Å². The van der Waals surface area contributed by atoms with Crippen LogP contribution < -0.4 is 11.1 Å². The van der Waals surface area contributed by atoms with Crippen molar-refractivity contribution in [2.24, 2.45) is 5.92 Å². The van der Waals surface area contributed by atoms with Gasteiger partial charge in [-0.1, -0.05) is 31.9 Å². The van der Waals surface area contributed by atoms with Crippen molar-refractivity contribution >= 4 is 22.7 Å². The Morgan fingerprint density at radius 2 is 1.76 bits per heavy atom. The van der Waals surface area contributed by atoms with Crippen molar-refractivity contribution < 1.29 is 0 Å². The number of anilines is 2. The molecule has 3 N–H and O–H groups in total. The molecule has 0 saturated heterocycles. The van der Waals surface area contributed by atoms with Gasteiger partial charge in [0.05, 0.1) is 11.0 Å². The Morgan fingerprint density at radius 3 is 2.43 bits per heavy atom. The Morgan fingerprint density at radius 1 is 1.10 bits per heavy atom. The van der Waals surface area contributed by atoms with Crippen LogP contribution in [0.25, 0.3) is 11.0 Å². The highest BCUT2D eigenvalue weighted by Crippen LogP contribution is 2.30. The highest BCUT2D eigenvalue weighted by molar-refractivity contribution is 5.79. The minimum Gasteiger partial charge on any atom is -0.381 e. The van der Waals surface area contributed by atoms with Crippen molar-refractivity contribution in [3.63, 3.8) is 0 Å². The number of nitrogens with two attached hydrogens (primary N) is 1. The van der Waals surface area contributed by atoms with Crippen molar-refractivity contribution in [3.05, 3.63) is 24.3 Å². The van der Waals surface area contributed by atoms with Gasteiger partial charge in [-0.15, -0.1) is 0 Å². The molecule has 1 heterocycles. The van der Waals surface area contributed by atoms with Gasteiger partial charge in [-0.05, 0) is 43.7 Å². The van der Waals surface area contributed by atoms with Gasteiger partial charge in [-0.3, -0.25) is 0 Å². The van der Waals surface area contributed by atoms with E-state index in [1.165, 1.54) is 38.5 Å². The standard InChI is InChI=1S/C17H24N4/c1-2-5-12-8-10-13(11-9-12)19-17-16(18)20-14-6-3-4-7-15(14)21-17/h3-4,6-7,12-13H,2,5,8-11H2,1H3,(H2,18,20)(H,19,21). The molecule has 0 spiro atoms. The van der Waals surface area contributed by atoms with Gasteiger partial charge in [0.1, 0.15) is 0 Å². The van der Waals surface area contributed by atoms with E-state index in [1.54, 1.807) is 0 Å². The minimum atomic E-state index is 0.482. The molecule has 1 fully saturated rings. The minimum absolute atomic E-state index is 0.482. The molecule has 1 aliphatic rings. The molecular weight excluding hydrogens is 260 g/mol. The van der Waals surface area contributed by atoms with Crippen LogP contribution in [0.5, 0.6) is 0 Å². The second-order valence-corrected chi connectivity index (χ2v) is 6.10. The number of hydrogen-bond donors (Lipinski definition) is 2. The van der Waals surface area contributed by atoms with Crippen molar-refractivity contribution in [1.82, 2.24) is 9.97 Å². The maximum atomic E-state index is 6.04. The van der Waals surface area contributed by atoms with Crippen LogP contribution in [0.3, 0.4) is 0 Å². The molecule has 3 rings (SSSR count). The highest BCUT2D eigenvalue weighted by atomic mass is 15.1. The van der Waals surface area contributed by atoms with E-state index in [4.69, 9.17) is 5.73 Å². The predicted octanol–water partition coefficient (Wildman–Crippen LogP) is 3.98. The quantitative estimate of drug-likeness (QED) is 0.891. The van der Waals surface area contributed by atoms with E-state index in [2.05, 4.69) is 22.2 Å². The summed E-state index contributed by atoms with van der Waals surface area (Å²) in [6, 6.07) is 8.34. The lowest BCUT2D eigenvalue weighted by molar-refractivity contribution is 0.318. The van der Waals surface area contributed by atoms with Crippen LogP contribution in [0.2, 0.25) is 0 Å². The zero-order chi connectivity index (χ0) is 14.7. The molecule has 0 amide bonds. The maximum absolute atomic E-state index is 6.04. The van der Waals surface area contributed by atoms with Gasteiger partial charge in [0.15, 0.2) is 11.6 Å². The van der Waals surface area contributed by atoms with Gasteiger partial charge in [0.25, 0.3) is 0 Å². The van der Waals surface area contributed by atoms with E-state index in [-0.39, 0.29) is 0 Å². The molecule has 0 unspecified atom stereocenters. The molecule has 112 valence electrons. The van der Waals surface area contributed by atoms with E-state index in [0.717, 1.165) is 22.8 Å². The van der Waals surface area contributed by atoms with Gasteiger partial charge in [-0.2, -0.15) is 0 Å². The average molecular weight is 284 g/mol. The first-order valence-electron chi connectivity index (χ1n) is 8.05. The predicted molar refractivity (Wildman–Crippen MR) is 88.2 cm³/mol. The molecule has 0 atom stereocenters. The van der Waals surface area contributed by atoms with Gasteiger partial charge in [-0.25, -0.2) is 9.97 Å². The van der Waals surface area contributed by atoms with E-state index >= 15 is 0 Å². The molecule has 4 nitrogen and oxygen atoms in total. The number of nitrogens with one attached hydrogen (secondary N) is 1. The molecular formula is C17H24N4. The fourth-order valence-electron chi connectivity index (χ4n) is 3.32. The second kappa shape index (κ2) is 6.29. The van der Waals surface area contributed by atoms with Gasteiger partial charge >= 0.3 is 0 Å². The number of nitrogens with zero attached hydrogens (tertiary/aromatic N) is 2. The molecule has 0 radical (unpaired) electrons. The summed E-state index contributed by atoms with van der Waals surface area (Å²) in [5, 5.41) is 3.51. The van der Waals surface area contributed by atoms with Gasteiger partial charge in [0, 0.05) is 6.04 Å². The normalized spacial score (nSPS) is 22.3. The Kier molecular flexibility index (Phi) is 4.23. The molecule has 0 aliphatic heterocycles. The third-order valence-electron chi connectivity index (χ3n) is 4.48. The molecule has 1 saturated carbocycles. The second-order valence-electron chi connectivity index (χ2n) is 6.10. The summed E-state index contributed by atoms with van der Waals surface area (Å²) in [4.78, 5) is 9.06. The van der Waals surface area contributed by atoms with Crippen LogP contribution in [0, 0.1) is 5.92 Å². The average Bonchev–Trinajstić information content (AvgIpc) is 2.50. The molecule has 0 bridgehead atoms. The van der Waals surface area contributed by atoms with Crippen LogP contribution in [0.15, 0.2) is 24.3 Å². The number of benzene rings is 1. The van der Waals surface area contributed by atoms with Gasteiger partial charge in [0.2, 0.25) is 0 Å². The van der Waals surface area contributed by atoms with Crippen molar-refractivity contribution in [2.45, 2.75) is 51.5 Å². The summed E-state index contributed by atoms with van der Waals surface area (Å²) in [6.07, 6.45) is 7.70. The van der Waals surface area contributed by atoms with Crippen molar-refractivity contribution in [1.29, 1.82) is 0 Å². The summed E-state index contributed by atoms with van der Waals surface area (Å²) < 4.78 is 0. The highest BCUT2D eigenvalue weighted by Gasteiger charge is 2.21. The topological polar surface area (TPSA) is 63.8 Å². The molecule has 1 aromatic heterocycles. The number of fused-ring (bicyclic) bond motifs is 1. The Bertz CT molecular complexity index is 603. The zero-order valence-corrected chi connectivity index (χ0v) is 12.7. The van der Waals surface area contributed by atoms with Crippen LogP contribution in [-0.2, 0) is 0 Å². The lowest BCUT2D eigenvalue weighted by Crippen LogP contribution is -2.27. The van der Waals surface area contributed by atoms with Crippen LogP contribution >= 0.6 is 0 Å². The van der Waals surface area contributed by atoms with E-state index in [9.17, 15) is 0 Å². The Labute approximate surface area is 126 Å². The Balaban J connectivity index is 1.69. The van der Waals surface area contributed by atoms with Crippen LogP contribution in [0.4, 0.5) is 11.6 Å². The molecule has 1 aliphatic carbocycles. The lowest BCUT2D eigenvalue weighted by atomic mass is 9.83. The summed E-state index contributed by atoms with van der Waals surface area (Å²) in [7, 11) is 0. The summed E-state index contributed by atoms with van der Waals surface area (Å²) in [5.74, 6) is 2.16. The van der Waals surface area contributed by atoms with E-state index in [0.29, 0.717) is 11.9 Å². The zero-order valence-electron chi connectivity index (χ0n) is 12.7. The largest absolute Gasteiger partial charge is 0.381 e. The molecule has 1 aromatic carbocycles. The number of nitrogen functional groups attached to an aromatic ring is 1. The SMILES string of the molecule is CCCC1CCC(Nc2nc3ccccc3nc2N)CC1. The summed E-state index contributed by atoms with van der Waals surface area (Å²) >= 11 is 0. The monoisotopic (exact) mass is 284 g/mol. The number of para-hydroxylation sites is 2. The van der Waals surface area contributed by atoms with Crippen molar-refractivity contribution in [3.8, 4) is 0 Å². The third-order valence-corrected chi connectivity index (χ3v) is 4.48. The van der Waals surface area contributed by atoms with E-state index in [1.807, 2.05) is 24.3 Å². The fraction of sp³-hybridized carbons (Fsp3) is 0.529. The fourth-order valence-corrected chi connectivity index (χ4v) is 3.32.